The summed E-state index contributed by atoms with van der Waals surface area (Å²) in [6.45, 7) is 18.7. The van der Waals surface area contributed by atoms with Crippen LogP contribution >= 0.6 is 0 Å². The molecule has 5 fully saturated rings. The van der Waals surface area contributed by atoms with Crippen LogP contribution in [0.3, 0.4) is 0 Å². The van der Waals surface area contributed by atoms with Gasteiger partial charge >= 0.3 is 11.9 Å². The van der Waals surface area contributed by atoms with Gasteiger partial charge in [-0.05, 0) is 103 Å². The van der Waals surface area contributed by atoms with E-state index in [0.29, 0.717) is 34.7 Å². The molecule has 0 radical (unpaired) electrons. The number of hydrogen-bond donors (Lipinski definition) is 0. The Morgan fingerprint density at radius 2 is 1.61 bits per heavy atom. The summed E-state index contributed by atoms with van der Waals surface area (Å²) in [4.78, 5) is 24.5. The van der Waals surface area contributed by atoms with Crippen LogP contribution < -0.4 is 0 Å². The van der Waals surface area contributed by atoms with E-state index in [-0.39, 0.29) is 29.2 Å². The van der Waals surface area contributed by atoms with Gasteiger partial charge in [0.1, 0.15) is 6.10 Å². The fraction of sp³-hybridized carbons (Fsp3) is 0.879. The summed E-state index contributed by atoms with van der Waals surface area (Å²) in [7, 11) is 1.95. The first kappa shape index (κ1) is 28.2. The zero-order chi connectivity index (χ0) is 27.8. The highest BCUT2D eigenvalue weighted by Gasteiger charge is 2.77. The number of carbonyl (C=O) groups excluding carboxylic acids is 2. The van der Waals surface area contributed by atoms with Crippen LogP contribution in [0.1, 0.15) is 99.8 Å². The molecule has 0 bridgehead atoms. The smallest absolute Gasteiger partial charge is 0.303 e. The number of methoxy groups -OCH3 is 1. The second-order valence-electron chi connectivity index (χ2n) is 14.7. The Hall–Kier alpha value is -1.36. The fourth-order valence-electron chi connectivity index (χ4n) is 11.2. The first-order valence-corrected chi connectivity index (χ1v) is 15.4. The van der Waals surface area contributed by atoms with Gasteiger partial charge in [0.05, 0.1) is 6.10 Å². The van der Waals surface area contributed by atoms with E-state index in [2.05, 4.69) is 41.2 Å². The molecule has 0 aliphatic heterocycles. The summed E-state index contributed by atoms with van der Waals surface area (Å²) < 4.78 is 18.2. The Balaban J connectivity index is 1.43. The van der Waals surface area contributed by atoms with E-state index in [9.17, 15) is 9.59 Å². The molecule has 38 heavy (non-hydrogen) atoms. The van der Waals surface area contributed by atoms with Crippen LogP contribution in [0.4, 0.5) is 0 Å². The molecular formula is C33H52O5. The van der Waals surface area contributed by atoms with Crippen LogP contribution in [-0.2, 0) is 23.8 Å². The topological polar surface area (TPSA) is 61.8 Å². The van der Waals surface area contributed by atoms with Crippen molar-refractivity contribution in [1.29, 1.82) is 0 Å². The van der Waals surface area contributed by atoms with Crippen molar-refractivity contribution in [3.05, 3.63) is 12.2 Å². The molecule has 214 valence electrons. The Morgan fingerprint density at radius 1 is 0.921 bits per heavy atom. The summed E-state index contributed by atoms with van der Waals surface area (Å²) in [6.07, 6.45) is 9.50. The van der Waals surface area contributed by atoms with E-state index >= 15 is 0 Å². The van der Waals surface area contributed by atoms with E-state index in [0.717, 1.165) is 23.8 Å². The minimum atomic E-state index is -0.623. The maximum Gasteiger partial charge on any atom is 0.303 e. The van der Waals surface area contributed by atoms with Gasteiger partial charge in [0, 0.05) is 32.3 Å². The molecule has 0 saturated heterocycles. The van der Waals surface area contributed by atoms with Crippen LogP contribution in [0, 0.1) is 57.7 Å². The maximum absolute atomic E-state index is 12.3. The van der Waals surface area contributed by atoms with Gasteiger partial charge in [-0.1, -0.05) is 41.2 Å². The number of hydrogen-bond acceptors (Lipinski definition) is 5. The molecule has 12 atom stereocenters. The largest absolute Gasteiger partial charge is 0.458 e. The van der Waals surface area contributed by atoms with Crippen LogP contribution in [0.2, 0.25) is 0 Å². The summed E-state index contributed by atoms with van der Waals surface area (Å²) in [5, 5.41) is 0. The minimum absolute atomic E-state index is 0.0633. The molecule has 0 aromatic carbocycles. The van der Waals surface area contributed by atoms with Crippen molar-refractivity contribution in [1.82, 2.24) is 0 Å². The van der Waals surface area contributed by atoms with Crippen molar-refractivity contribution in [3.8, 4) is 0 Å². The normalized spacial score (nSPS) is 45.2. The van der Waals surface area contributed by atoms with Crippen molar-refractivity contribution in [2.45, 2.75) is 118 Å². The molecule has 5 nitrogen and oxygen atoms in total. The van der Waals surface area contributed by atoms with Gasteiger partial charge in [-0.3, -0.25) is 9.59 Å². The van der Waals surface area contributed by atoms with Crippen molar-refractivity contribution in [2.24, 2.45) is 57.7 Å². The van der Waals surface area contributed by atoms with E-state index < -0.39 is 12.2 Å². The third kappa shape index (κ3) is 3.95. The molecule has 5 heteroatoms. The number of esters is 2. The molecular weight excluding hydrogens is 476 g/mol. The quantitative estimate of drug-likeness (QED) is 0.251. The number of rotatable bonds is 8. The third-order valence-corrected chi connectivity index (χ3v) is 13.1. The molecule has 5 aliphatic rings. The summed E-state index contributed by atoms with van der Waals surface area (Å²) in [6, 6.07) is 0. The zero-order valence-electron chi connectivity index (χ0n) is 25.2. The summed E-state index contributed by atoms with van der Waals surface area (Å²) in [5.41, 5.74) is 1.86. The highest BCUT2D eigenvalue weighted by molar-refractivity contribution is 5.67. The minimum Gasteiger partial charge on any atom is -0.458 e. The van der Waals surface area contributed by atoms with E-state index in [1.807, 2.05) is 7.11 Å². The summed E-state index contributed by atoms with van der Waals surface area (Å²) in [5.74, 6) is 2.95. The summed E-state index contributed by atoms with van der Waals surface area (Å²) >= 11 is 0. The molecule has 0 amide bonds. The highest BCUT2D eigenvalue weighted by atomic mass is 16.6. The zero-order valence-corrected chi connectivity index (χ0v) is 25.2. The van der Waals surface area contributed by atoms with Gasteiger partial charge in [-0.15, -0.1) is 0 Å². The lowest BCUT2D eigenvalue weighted by atomic mass is 9.45. The van der Waals surface area contributed by atoms with E-state index in [1.54, 1.807) is 0 Å². The number of fused-ring (bicyclic) bond motifs is 4. The monoisotopic (exact) mass is 528 g/mol. The molecule has 0 unspecified atom stereocenters. The lowest BCUT2D eigenvalue weighted by Crippen LogP contribution is -2.57. The first-order chi connectivity index (χ1) is 17.8. The molecule has 5 rings (SSSR count). The van der Waals surface area contributed by atoms with Crippen LogP contribution in [-0.4, -0.2) is 37.4 Å². The second kappa shape index (κ2) is 9.63. The molecule has 0 aromatic rings. The SMILES string of the molecule is C=C(C(C)C)[C@H](OC(C)=O)[C@@H](OC(C)=O)[C@@H](C)[C@H]1CC[C@H]2[C@@H]3C[C@@H](OC)[C@]45C[C@H]4CC[C@]5(C)[C@H]3CC[C@]12C. The van der Waals surface area contributed by atoms with Crippen molar-refractivity contribution < 1.29 is 23.8 Å². The maximum atomic E-state index is 12.3. The van der Waals surface area contributed by atoms with Gasteiger partial charge in [0.15, 0.2) is 6.10 Å². The molecule has 1 spiro atoms. The van der Waals surface area contributed by atoms with Gasteiger partial charge in [0.2, 0.25) is 0 Å². The predicted molar refractivity (Wildman–Crippen MR) is 148 cm³/mol. The molecule has 0 aromatic heterocycles. The van der Waals surface area contributed by atoms with Gasteiger partial charge in [-0.25, -0.2) is 0 Å². The highest BCUT2D eigenvalue weighted by Crippen LogP contribution is 2.82. The molecule has 5 saturated carbocycles. The number of carbonyl (C=O) groups is 2. The van der Waals surface area contributed by atoms with Gasteiger partial charge in [-0.2, -0.15) is 0 Å². The van der Waals surface area contributed by atoms with Crippen LogP contribution in [0.5, 0.6) is 0 Å². The fourth-order valence-corrected chi connectivity index (χ4v) is 11.2. The molecule has 0 heterocycles. The van der Waals surface area contributed by atoms with Gasteiger partial charge < -0.3 is 14.2 Å². The van der Waals surface area contributed by atoms with Crippen molar-refractivity contribution in [2.75, 3.05) is 7.11 Å². The van der Waals surface area contributed by atoms with E-state index in [1.165, 1.54) is 58.8 Å². The Kier molecular flexibility index (Phi) is 7.14. The average Bonchev–Trinajstić information content (AvgIpc) is 3.36. The lowest BCUT2D eigenvalue weighted by Gasteiger charge is -2.61. The molecule has 0 N–H and O–H groups in total. The molecule has 5 aliphatic carbocycles. The standard InChI is InChI=1S/C33H52O5/c1-18(2)19(3)29(37-21(5)34)30(38-22(6)35)20(4)25-10-11-26-24-16-28(36-9)33-17-23(33)12-15-32(33,8)27(24)13-14-31(25,26)7/h18,20,23-30H,3,10-17H2,1-2,4-9H3/t20-,23+,24-,25+,26-,27-,28+,29-,30-,31+,32+,33-/m0/s1. The first-order valence-electron chi connectivity index (χ1n) is 15.4. The lowest BCUT2D eigenvalue weighted by molar-refractivity contribution is -0.176. The average molecular weight is 529 g/mol. The third-order valence-electron chi connectivity index (χ3n) is 13.1. The predicted octanol–water partition coefficient (Wildman–Crippen LogP) is 6.98. The van der Waals surface area contributed by atoms with Crippen LogP contribution in [0.15, 0.2) is 12.2 Å². The number of ether oxygens (including phenoxy) is 3. The Morgan fingerprint density at radius 3 is 2.18 bits per heavy atom. The second-order valence-corrected chi connectivity index (χ2v) is 14.7. The Labute approximate surface area is 230 Å². The van der Waals surface area contributed by atoms with Crippen molar-refractivity contribution in [3.63, 3.8) is 0 Å². The van der Waals surface area contributed by atoms with Gasteiger partial charge in [0.25, 0.3) is 0 Å². The van der Waals surface area contributed by atoms with Crippen LogP contribution in [0.25, 0.3) is 0 Å². The van der Waals surface area contributed by atoms with E-state index in [4.69, 9.17) is 14.2 Å². The Bertz CT molecular complexity index is 972. The van der Waals surface area contributed by atoms with Crippen molar-refractivity contribution >= 4 is 11.9 Å².